The van der Waals surface area contributed by atoms with Gasteiger partial charge in [-0.25, -0.2) is 12.8 Å². The number of rotatable bonds is 3. The first-order valence-electron chi connectivity index (χ1n) is 8.17. The van der Waals surface area contributed by atoms with E-state index in [-0.39, 0.29) is 16.2 Å². The molecule has 0 bridgehead atoms. The van der Waals surface area contributed by atoms with Crippen molar-refractivity contribution >= 4 is 10.0 Å². The second kappa shape index (κ2) is 5.63. The van der Waals surface area contributed by atoms with E-state index in [1.807, 2.05) is 18.2 Å². The van der Waals surface area contributed by atoms with Gasteiger partial charge in [0.1, 0.15) is 10.7 Å². The molecule has 0 N–H and O–H groups in total. The number of aromatic nitrogens is 1. The fraction of sp³-hybridized carbons (Fsp3) is 0.389. The Morgan fingerprint density at radius 2 is 1.92 bits per heavy atom. The zero-order valence-corrected chi connectivity index (χ0v) is 14.0. The highest BCUT2D eigenvalue weighted by Crippen LogP contribution is 2.56. The van der Waals surface area contributed by atoms with Gasteiger partial charge in [0.2, 0.25) is 10.0 Å². The average Bonchev–Trinajstić information content (AvgIpc) is 2.97. The van der Waals surface area contributed by atoms with E-state index < -0.39 is 15.8 Å². The first-order chi connectivity index (χ1) is 11.5. The van der Waals surface area contributed by atoms with Gasteiger partial charge in [0, 0.05) is 25.2 Å². The lowest BCUT2D eigenvalue weighted by atomic mass is 9.61. The Balaban J connectivity index is 1.69. The lowest BCUT2D eigenvalue weighted by molar-refractivity contribution is 0.131. The second-order valence-corrected chi connectivity index (χ2v) is 8.75. The van der Waals surface area contributed by atoms with Crippen LogP contribution in [0.3, 0.4) is 0 Å². The quantitative estimate of drug-likeness (QED) is 0.858. The molecular formula is C18H19FN2O2S. The Hall–Kier alpha value is -1.79. The molecule has 126 valence electrons. The summed E-state index contributed by atoms with van der Waals surface area (Å²) < 4.78 is 40.7. The maximum Gasteiger partial charge on any atom is 0.244 e. The molecule has 1 spiro atoms. The van der Waals surface area contributed by atoms with Gasteiger partial charge in [-0.15, -0.1) is 0 Å². The predicted octanol–water partition coefficient (Wildman–Crippen LogP) is 3.18. The van der Waals surface area contributed by atoms with E-state index in [4.69, 9.17) is 0 Å². The molecule has 1 atom stereocenters. The van der Waals surface area contributed by atoms with Crippen LogP contribution in [0.15, 0.2) is 53.7 Å². The molecule has 1 saturated carbocycles. The minimum absolute atomic E-state index is 0.0230. The predicted molar refractivity (Wildman–Crippen MR) is 88.4 cm³/mol. The number of sulfonamides is 1. The van der Waals surface area contributed by atoms with Crippen LogP contribution < -0.4 is 0 Å². The highest BCUT2D eigenvalue weighted by molar-refractivity contribution is 7.89. The molecular weight excluding hydrogens is 327 g/mol. The fourth-order valence-corrected chi connectivity index (χ4v) is 5.60. The Morgan fingerprint density at radius 1 is 1.17 bits per heavy atom. The number of benzene rings is 1. The molecule has 2 aliphatic rings. The highest BCUT2D eigenvalue weighted by atomic mass is 32.2. The molecule has 1 aromatic carbocycles. The van der Waals surface area contributed by atoms with Gasteiger partial charge in [0.05, 0.1) is 6.20 Å². The Labute approximate surface area is 141 Å². The summed E-state index contributed by atoms with van der Waals surface area (Å²) in [6, 6.07) is 11.2. The van der Waals surface area contributed by atoms with Gasteiger partial charge in [-0.3, -0.25) is 4.98 Å². The number of hydrogen-bond acceptors (Lipinski definition) is 3. The first kappa shape index (κ1) is 15.7. The monoisotopic (exact) mass is 346 g/mol. The smallest absolute Gasteiger partial charge is 0.244 e. The van der Waals surface area contributed by atoms with Crippen LogP contribution in [0.4, 0.5) is 4.39 Å². The zero-order valence-electron chi connectivity index (χ0n) is 13.2. The van der Waals surface area contributed by atoms with Crippen molar-refractivity contribution in [3.8, 4) is 0 Å². The summed E-state index contributed by atoms with van der Waals surface area (Å²) in [5, 5.41) is 0. The third-order valence-corrected chi connectivity index (χ3v) is 7.26. The summed E-state index contributed by atoms with van der Waals surface area (Å²) in [5.74, 6) is -0.433. The van der Waals surface area contributed by atoms with Crippen LogP contribution >= 0.6 is 0 Å². The second-order valence-electron chi connectivity index (χ2n) is 6.82. The molecule has 2 heterocycles. The summed E-state index contributed by atoms with van der Waals surface area (Å²) in [6.45, 7) is 0.953. The van der Waals surface area contributed by atoms with Crippen LogP contribution in [0, 0.1) is 11.2 Å². The molecule has 1 unspecified atom stereocenters. The van der Waals surface area contributed by atoms with Crippen molar-refractivity contribution in [2.24, 2.45) is 5.41 Å². The van der Waals surface area contributed by atoms with Gasteiger partial charge in [-0.1, -0.05) is 36.8 Å². The summed E-state index contributed by atoms with van der Waals surface area (Å²) in [7, 11) is -3.72. The summed E-state index contributed by atoms with van der Waals surface area (Å²) in [5.41, 5.74) is 1.21. The van der Waals surface area contributed by atoms with Crippen molar-refractivity contribution in [1.82, 2.24) is 9.29 Å². The van der Waals surface area contributed by atoms with Crippen molar-refractivity contribution in [1.29, 1.82) is 0 Å². The van der Waals surface area contributed by atoms with Gasteiger partial charge in [0.25, 0.3) is 0 Å². The first-order valence-corrected chi connectivity index (χ1v) is 9.61. The Kier molecular flexibility index (Phi) is 3.69. The third kappa shape index (κ3) is 2.45. The van der Waals surface area contributed by atoms with E-state index in [0.29, 0.717) is 13.1 Å². The number of hydrogen-bond donors (Lipinski definition) is 0. The van der Waals surface area contributed by atoms with Crippen molar-refractivity contribution in [2.75, 3.05) is 13.1 Å². The standard InChI is InChI=1S/C18H19FN2O2S/c19-15-9-16(11-20-10-15)24(22,23)21-12-17(14-5-2-1-3-6-14)18(13-21)7-4-8-18/h1-3,5-6,9-11,17H,4,7-8,12-13H2. The fourth-order valence-electron chi connectivity index (χ4n) is 4.07. The minimum Gasteiger partial charge on any atom is -0.260 e. The number of halogens is 1. The summed E-state index contributed by atoms with van der Waals surface area (Å²) in [4.78, 5) is 3.62. The van der Waals surface area contributed by atoms with Crippen LogP contribution in [0.5, 0.6) is 0 Å². The van der Waals surface area contributed by atoms with Crippen molar-refractivity contribution in [3.05, 3.63) is 60.2 Å². The molecule has 1 aliphatic heterocycles. The van der Waals surface area contributed by atoms with Crippen molar-refractivity contribution in [3.63, 3.8) is 0 Å². The lowest BCUT2D eigenvalue weighted by Gasteiger charge is -2.43. The molecule has 2 fully saturated rings. The van der Waals surface area contributed by atoms with Gasteiger partial charge >= 0.3 is 0 Å². The number of pyridine rings is 1. The normalized spacial score (nSPS) is 23.3. The van der Waals surface area contributed by atoms with Gasteiger partial charge < -0.3 is 0 Å². The SMILES string of the molecule is O=S(=O)(c1cncc(F)c1)N1CC(c2ccccc2)C2(CCC2)C1. The van der Waals surface area contributed by atoms with E-state index in [0.717, 1.165) is 31.5 Å². The lowest BCUT2D eigenvalue weighted by Crippen LogP contribution is -2.37. The van der Waals surface area contributed by atoms with Crippen LogP contribution in [-0.2, 0) is 10.0 Å². The Morgan fingerprint density at radius 3 is 2.54 bits per heavy atom. The molecule has 0 amide bonds. The van der Waals surface area contributed by atoms with Crippen molar-refractivity contribution < 1.29 is 12.8 Å². The van der Waals surface area contributed by atoms with E-state index in [2.05, 4.69) is 17.1 Å². The van der Waals surface area contributed by atoms with Crippen LogP contribution in [0.1, 0.15) is 30.7 Å². The van der Waals surface area contributed by atoms with E-state index in [9.17, 15) is 12.8 Å². The molecule has 4 rings (SSSR count). The van der Waals surface area contributed by atoms with Gasteiger partial charge in [0.15, 0.2) is 0 Å². The molecule has 2 aromatic rings. The van der Waals surface area contributed by atoms with Gasteiger partial charge in [-0.05, 0) is 29.9 Å². The Bertz CT molecular complexity index is 850. The minimum atomic E-state index is -3.72. The van der Waals surface area contributed by atoms with Crippen molar-refractivity contribution in [2.45, 2.75) is 30.1 Å². The number of nitrogens with zero attached hydrogens (tertiary/aromatic N) is 2. The van der Waals surface area contributed by atoms with Crippen LogP contribution in [0.25, 0.3) is 0 Å². The van der Waals surface area contributed by atoms with Crippen LogP contribution in [-0.4, -0.2) is 30.8 Å². The van der Waals surface area contributed by atoms with E-state index >= 15 is 0 Å². The maximum atomic E-state index is 13.4. The molecule has 24 heavy (non-hydrogen) atoms. The molecule has 1 aliphatic carbocycles. The van der Waals surface area contributed by atoms with E-state index in [1.54, 1.807) is 0 Å². The average molecular weight is 346 g/mol. The molecule has 1 aromatic heterocycles. The zero-order chi connectivity index (χ0) is 16.8. The largest absolute Gasteiger partial charge is 0.260 e. The maximum absolute atomic E-state index is 13.4. The van der Waals surface area contributed by atoms with E-state index in [1.165, 1.54) is 16.1 Å². The third-order valence-electron chi connectivity index (χ3n) is 5.49. The van der Waals surface area contributed by atoms with Gasteiger partial charge in [-0.2, -0.15) is 4.31 Å². The molecule has 0 radical (unpaired) electrons. The van der Waals surface area contributed by atoms with Crippen LogP contribution in [0.2, 0.25) is 0 Å². The summed E-state index contributed by atoms with van der Waals surface area (Å²) >= 11 is 0. The highest BCUT2D eigenvalue weighted by Gasteiger charge is 2.53. The molecule has 6 heteroatoms. The molecule has 1 saturated heterocycles. The molecule has 4 nitrogen and oxygen atoms in total. The topological polar surface area (TPSA) is 50.3 Å². The summed E-state index contributed by atoms with van der Waals surface area (Å²) in [6.07, 6.45) is 5.46.